The Hall–Kier alpha value is -1.20. The Morgan fingerprint density at radius 1 is 1.38 bits per heavy atom. The van der Waals surface area contributed by atoms with Crippen molar-refractivity contribution in [1.29, 1.82) is 0 Å². The first-order valence-corrected chi connectivity index (χ1v) is 6.71. The summed E-state index contributed by atoms with van der Waals surface area (Å²) in [5, 5.41) is 1.16. The zero-order valence-corrected chi connectivity index (χ0v) is 10.3. The van der Waals surface area contributed by atoms with Crippen molar-refractivity contribution in [1.82, 2.24) is 3.97 Å². The van der Waals surface area contributed by atoms with E-state index in [1.807, 2.05) is 0 Å². The monoisotopic (exact) mass is 259 g/mol. The third-order valence-corrected chi connectivity index (χ3v) is 3.63. The van der Waals surface area contributed by atoms with E-state index in [9.17, 15) is 8.42 Å². The maximum atomic E-state index is 11.5. The molecule has 6 heteroatoms. The number of aromatic nitrogens is 1. The highest BCUT2D eigenvalue weighted by Crippen LogP contribution is 2.30. The fourth-order valence-electron chi connectivity index (χ4n) is 1.56. The van der Waals surface area contributed by atoms with Gasteiger partial charge in [0.15, 0.2) is 0 Å². The number of rotatable bonds is 2. The fourth-order valence-corrected chi connectivity index (χ4v) is 2.61. The van der Waals surface area contributed by atoms with Crippen molar-refractivity contribution in [2.45, 2.75) is 0 Å². The van der Waals surface area contributed by atoms with Crippen LogP contribution >= 0.6 is 11.6 Å². The normalized spacial score (nSPS) is 11.9. The van der Waals surface area contributed by atoms with Crippen LogP contribution in [0.1, 0.15) is 0 Å². The quantitative estimate of drug-likeness (QED) is 0.830. The molecule has 2 aromatic rings. The Kier molecular flexibility index (Phi) is 2.59. The molecule has 0 aliphatic rings. The lowest BCUT2D eigenvalue weighted by Crippen LogP contribution is -2.08. The molecule has 0 unspecified atom stereocenters. The molecule has 0 bridgehead atoms. The maximum Gasteiger partial charge on any atom is 0.236 e. The topological polar surface area (TPSA) is 48.3 Å². The Morgan fingerprint density at radius 2 is 2.06 bits per heavy atom. The van der Waals surface area contributed by atoms with Gasteiger partial charge in [-0.1, -0.05) is 11.6 Å². The van der Waals surface area contributed by atoms with Crippen LogP contribution in [0.4, 0.5) is 0 Å². The van der Waals surface area contributed by atoms with Gasteiger partial charge in [-0.05, 0) is 12.1 Å². The van der Waals surface area contributed by atoms with Crippen LogP contribution in [0, 0.1) is 0 Å². The minimum absolute atomic E-state index is 0.469. The van der Waals surface area contributed by atoms with Gasteiger partial charge in [0.1, 0.15) is 5.75 Å². The molecule has 0 atom stereocenters. The molecule has 0 aliphatic carbocycles. The summed E-state index contributed by atoms with van der Waals surface area (Å²) in [6.07, 6.45) is 2.62. The van der Waals surface area contributed by atoms with E-state index >= 15 is 0 Å². The van der Waals surface area contributed by atoms with E-state index in [2.05, 4.69) is 0 Å². The molecule has 1 heterocycles. The van der Waals surface area contributed by atoms with E-state index in [0.717, 1.165) is 6.26 Å². The molecule has 0 radical (unpaired) electrons. The average Bonchev–Trinajstić information content (AvgIpc) is 2.60. The fraction of sp³-hybridized carbons (Fsp3) is 0.200. The molecule has 0 saturated carbocycles. The van der Waals surface area contributed by atoms with Crippen molar-refractivity contribution in [2.75, 3.05) is 13.4 Å². The lowest BCUT2D eigenvalue weighted by atomic mass is 10.2. The highest BCUT2D eigenvalue weighted by atomic mass is 35.5. The van der Waals surface area contributed by atoms with Crippen molar-refractivity contribution in [3.8, 4) is 5.75 Å². The average molecular weight is 260 g/mol. The smallest absolute Gasteiger partial charge is 0.236 e. The van der Waals surface area contributed by atoms with E-state index in [1.54, 1.807) is 18.2 Å². The Balaban J connectivity index is 2.86. The van der Waals surface area contributed by atoms with Crippen LogP contribution < -0.4 is 4.74 Å². The first kappa shape index (κ1) is 11.3. The molecule has 4 nitrogen and oxygen atoms in total. The molecule has 0 N–H and O–H groups in total. The summed E-state index contributed by atoms with van der Waals surface area (Å²) in [6.45, 7) is 0. The second-order valence-electron chi connectivity index (χ2n) is 3.42. The molecule has 0 fully saturated rings. The minimum atomic E-state index is -3.33. The standard InChI is InChI=1S/C10H10ClNO3S/c1-15-7-5-9(11)8-3-4-12(10(8)6-7)16(2,13)14/h3-6H,1-2H3. The Bertz CT molecular complexity index is 645. The number of ether oxygens (including phenoxy) is 1. The minimum Gasteiger partial charge on any atom is -0.497 e. The van der Waals surface area contributed by atoms with E-state index in [4.69, 9.17) is 16.3 Å². The van der Waals surface area contributed by atoms with E-state index in [-0.39, 0.29) is 0 Å². The van der Waals surface area contributed by atoms with Gasteiger partial charge in [0.25, 0.3) is 0 Å². The highest BCUT2D eigenvalue weighted by molar-refractivity contribution is 7.89. The molecule has 1 aromatic carbocycles. The third-order valence-electron chi connectivity index (χ3n) is 2.29. The van der Waals surface area contributed by atoms with E-state index in [1.165, 1.54) is 17.3 Å². The summed E-state index contributed by atoms with van der Waals surface area (Å²) in [5.74, 6) is 0.529. The third kappa shape index (κ3) is 1.76. The second-order valence-corrected chi connectivity index (χ2v) is 5.68. The predicted octanol–water partition coefficient (Wildman–Crippen LogP) is 2.11. The van der Waals surface area contributed by atoms with Gasteiger partial charge >= 0.3 is 0 Å². The largest absolute Gasteiger partial charge is 0.497 e. The molecular formula is C10H10ClNO3S. The molecular weight excluding hydrogens is 250 g/mol. The molecule has 86 valence electrons. The summed E-state index contributed by atoms with van der Waals surface area (Å²) in [5.41, 5.74) is 0.520. The van der Waals surface area contributed by atoms with Crippen LogP contribution in [0.3, 0.4) is 0 Å². The van der Waals surface area contributed by atoms with Gasteiger partial charge in [-0.2, -0.15) is 0 Å². The van der Waals surface area contributed by atoms with Gasteiger partial charge in [0.05, 0.1) is 23.9 Å². The van der Waals surface area contributed by atoms with Gasteiger partial charge in [-0.15, -0.1) is 0 Å². The predicted molar refractivity (Wildman–Crippen MR) is 63.7 cm³/mol. The van der Waals surface area contributed by atoms with Crippen molar-refractivity contribution in [3.63, 3.8) is 0 Å². The van der Waals surface area contributed by atoms with Gasteiger partial charge in [0.2, 0.25) is 10.0 Å². The van der Waals surface area contributed by atoms with Crippen LogP contribution in [0.5, 0.6) is 5.75 Å². The van der Waals surface area contributed by atoms with Crippen molar-refractivity contribution in [2.24, 2.45) is 0 Å². The molecule has 0 amide bonds. The maximum absolute atomic E-state index is 11.5. The number of hydrogen-bond donors (Lipinski definition) is 0. The zero-order chi connectivity index (χ0) is 11.9. The summed E-state index contributed by atoms with van der Waals surface area (Å²) in [4.78, 5) is 0. The molecule has 0 saturated heterocycles. The van der Waals surface area contributed by atoms with Crippen molar-refractivity contribution in [3.05, 3.63) is 29.4 Å². The van der Waals surface area contributed by atoms with Gasteiger partial charge in [-0.25, -0.2) is 12.4 Å². The van der Waals surface area contributed by atoms with Gasteiger partial charge < -0.3 is 4.74 Å². The lowest BCUT2D eigenvalue weighted by molar-refractivity contribution is 0.415. The number of fused-ring (bicyclic) bond motifs is 1. The van der Waals surface area contributed by atoms with Crippen molar-refractivity contribution >= 4 is 32.5 Å². The number of methoxy groups -OCH3 is 1. The molecule has 2 rings (SSSR count). The van der Waals surface area contributed by atoms with Crippen molar-refractivity contribution < 1.29 is 13.2 Å². The lowest BCUT2D eigenvalue weighted by Gasteiger charge is -2.05. The Morgan fingerprint density at radius 3 is 2.62 bits per heavy atom. The summed E-state index contributed by atoms with van der Waals surface area (Å²) in [7, 11) is -1.82. The first-order valence-electron chi connectivity index (χ1n) is 4.48. The molecule has 0 spiro atoms. The molecule has 1 aromatic heterocycles. The number of halogens is 1. The zero-order valence-electron chi connectivity index (χ0n) is 8.77. The SMILES string of the molecule is COc1cc(Cl)c2ccn(S(C)(=O)=O)c2c1. The van der Waals surface area contributed by atoms with Crippen LogP contribution in [0.25, 0.3) is 10.9 Å². The number of benzene rings is 1. The molecule has 16 heavy (non-hydrogen) atoms. The molecule has 0 aliphatic heterocycles. The Labute approximate surface area is 98.4 Å². The summed E-state index contributed by atoms with van der Waals surface area (Å²) >= 11 is 6.02. The summed E-state index contributed by atoms with van der Waals surface area (Å²) in [6, 6.07) is 4.96. The van der Waals surface area contributed by atoms with Gasteiger partial charge in [-0.3, -0.25) is 0 Å². The van der Waals surface area contributed by atoms with E-state index in [0.29, 0.717) is 21.7 Å². The summed E-state index contributed by atoms with van der Waals surface area (Å²) < 4.78 is 29.2. The highest BCUT2D eigenvalue weighted by Gasteiger charge is 2.12. The number of hydrogen-bond acceptors (Lipinski definition) is 3. The van der Waals surface area contributed by atoms with E-state index < -0.39 is 10.0 Å². The van der Waals surface area contributed by atoms with Crippen LogP contribution in [-0.2, 0) is 10.0 Å². The van der Waals surface area contributed by atoms with Crippen LogP contribution in [0.15, 0.2) is 24.4 Å². The number of nitrogens with zero attached hydrogens (tertiary/aromatic N) is 1. The van der Waals surface area contributed by atoms with Gasteiger partial charge in [0, 0.05) is 17.6 Å². The van der Waals surface area contributed by atoms with Crippen LogP contribution in [0.2, 0.25) is 5.02 Å². The second kappa shape index (κ2) is 3.68. The van der Waals surface area contributed by atoms with Crippen LogP contribution in [-0.4, -0.2) is 25.8 Å². The first-order chi connectivity index (χ1) is 7.43.